The fourth-order valence-electron chi connectivity index (χ4n) is 3.05. The molecule has 3 rings (SSSR count). The molecule has 2 aliphatic rings. The van der Waals surface area contributed by atoms with Gasteiger partial charge in [-0.2, -0.15) is 0 Å². The number of nitrogens with two attached hydrogens (primary N) is 1. The minimum Gasteiger partial charge on any atom is -0.383 e. The lowest BCUT2D eigenvalue weighted by Gasteiger charge is -2.34. The molecule has 2 N–H and O–H groups in total. The highest BCUT2D eigenvalue weighted by Gasteiger charge is 2.34. The summed E-state index contributed by atoms with van der Waals surface area (Å²) in [5, 5.41) is 0. The summed E-state index contributed by atoms with van der Waals surface area (Å²) >= 11 is 3.48. The van der Waals surface area contributed by atoms with Gasteiger partial charge in [-0.3, -0.25) is 4.90 Å². The van der Waals surface area contributed by atoms with Gasteiger partial charge in [0, 0.05) is 12.6 Å². The Hall–Kier alpha value is -0.720. The van der Waals surface area contributed by atoms with Crippen molar-refractivity contribution >= 4 is 21.7 Å². The molecule has 5 nitrogen and oxygen atoms in total. The highest BCUT2D eigenvalue weighted by molar-refractivity contribution is 9.10. The van der Waals surface area contributed by atoms with E-state index in [9.17, 15) is 0 Å². The zero-order valence-corrected chi connectivity index (χ0v) is 13.4. The SMILES string of the molecule is CCCc1nc(C2CN3CCCC3CO2)nc(N)c1Br. The van der Waals surface area contributed by atoms with Crippen LogP contribution in [0.3, 0.4) is 0 Å². The molecule has 0 amide bonds. The number of halogens is 1. The van der Waals surface area contributed by atoms with E-state index in [2.05, 4.69) is 37.7 Å². The van der Waals surface area contributed by atoms with E-state index in [0.29, 0.717) is 11.9 Å². The molecule has 0 spiro atoms. The summed E-state index contributed by atoms with van der Waals surface area (Å²) in [7, 11) is 0. The topological polar surface area (TPSA) is 64.3 Å². The van der Waals surface area contributed by atoms with Crippen molar-refractivity contribution in [3.63, 3.8) is 0 Å². The fraction of sp³-hybridized carbons (Fsp3) is 0.714. The van der Waals surface area contributed by atoms with Crippen molar-refractivity contribution in [3.05, 3.63) is 16.0 Å². The Balaban J connectivity index is 1.82. The summed E-state index contributed by atoms with van der Waals surface area (Å²) < 4.78 is 6.80. The molecule has 110 valence electrons. The van der Waals surface area contributed by atoms with Crippen LogP contribution in [0.4, 0.5) is 5.82 Å². The summed E-state index contributed by atoms with van der Waals surface area (Å²) in [6.45, 7) is 4.97. The van der Waals surface area contributed by atoms with Crippen molar-refractivity contribution in [2.24, 2.45) is 0 Å². The maximum absolute atomic E-state index is 6.00. The molecule has 0 saturated carbocycles. The standard InChI is InChI=1S/C14H21BrN4O/c1-2-4-10-12(15)13(16)18-14(17-10)11-7-19-6-3-5-9(19)8-20-11/h9,11H,2-8H2,1H3,(H2,16,17,18). The number of hydrogen-bond donors (Lipinski definition) is 1. The molecule has 2 fully saturated rings. The third-order valence-electron chi connectivity index (χ3n) is 4.13. The third-order valence-corrected chi connectivity index (χ3v) is 4.99. The van der Waals surface area contributed by atoms with Crippen LogP contribution in [0.25, 0.3) is 0 Å². The van der Waals surface area contributed by atoms with Crippen molar-refractivity contribution in [2.75, 3.05) is 25.4 Å². The number of aryl methyl sites for hydroxylation is 1. The second-order valence-corrected chi connectivity index (χ2v) is 6.38. The van der Waals surface area contributed by atoms with Crippen LogP contribution in [-0.4, -0.2) is 40.6 Å². The zero-order valence-electron chi connectivity index (χ0n) is 11.8. The Morgan fingerprint density at radius 2 is 2.30 bits per heavy atom. The van der Waals surface area contributed by atoms with Crippen LogP contribution in [0.5, 0.6) is 0 Å². The van der Waals surface area contributed by atoms with Crippen molar-refractivity contribution in [3.8, 4) is 0 Å². The normalized spacial score (nSPS) is 26.7. The summed E-state index contributed by atoms with van der Waals surface area (Å²) in [6.07, 6.45) is 4.41. The van der Waals surface area contributed by atoms with E-state index in [1.165, 1.54) is 19.4 Å². The average Bonchev–Trinajstić information content (AvgIpc) is 2.91. The highest BCUT2D eigenvalue weighted by atomic mass is 79.9. The van der Waals surface area contributed by atoms with E-state index in [1.54, 1.807) is 0 Å². The molecule has 1 aromatic rings. The monoisotopic (exact) mass is 340 g/mol. The quantitative estimate of drug-likeness (QED) is 0.914. The van der Waals surface area contributed by atoms with Gasteiger partial charge in [-0.05, 0) is 41.7 Å². The number of aromatic nitrogens is 2. The minimum absolute atomic E-state index is 0.0460. The largest absolute Gasteiger partial charge is 0.383 e. The smallest absolute Gasteiger partial charge is 0.161 e. The average molecular weight is 341 g/mol. The lowest BCUT2D eigenvalue weighted by Crippen LogP contribution is -2.43. The van der Waals surface area contributed by atoms with Crippen LogP contribution in [0.2, 0.25) is 0 Å². The first-order valence-electron chi connectivity index (χ1n) is 7.36. The predicted octanol–water partition coefficient (Wildman–Crippen LogP) is 2.31. The second kappa shape index (κ2) is 5.95. The van der Waals surface area contributed by atoms with Gasteiger partial charge in [-0.15, -0.1) is 0 Å². The van der Waals surface area contributed by atoms with Crippen molar-refractivity contribution in [2.45, 2.75) is 44.8 Å². The number of fused-ring (bicyclic) bond motifs is 1. The van der Waals surface area contributed by atoms with Gasteiger partial charge in [-0.25, -0.2) is 9.97 Å². The van der Waals surface area contributed by atoms with Crippen LogP contribution in [-0.2, 0) is 11.2 Å². The molecule has 2 aliphatic heterocycles. The van der Waals surface area contributed by atoms with Crippen LogP contribution in [0.15, 0.2) is 4.47 Å². The van der Waals surface area contributed by atoms with Crippen LogP contribution in [0.1, 0.15) is 43.8 Å². The summed E-state index contributed by atoms with van der Waals surface area (Å²) in [6, 6.07) is 0.592. The van der Waals surface area contributed by atoms with Gasteiger partial charge < -0.3 is 10.5 Å². The number of morpholine rings is 1. The van der Waals surface area contributed by atoms with Crippen molar-refractivity contribution < 1.29 is 4.74 Å². The third kappa shape index (κ3) is 2.69. The van der Waals surface area contributed by atoms with E-state index in [-0.39, 0.29) is 6.10 Å². The van der Waals surface area contributed by atoms with Crippen molar-refractivity contribution in [1.29, 1.82) is 0 Å². The second-order valence-electron chi connectivity index (χ2n) is 5.59. The molecule has 0 bridgehead atoms. The number of anilines is 1. The number of hydrogen-bond acceptors (Lipinski definition) is 5. The van der Waals surface area contributed by atoms with Gasteiger partial charge in [0.15, 0.2) is 5.82 Å². The number of ether oxygens (including phenoxy) is 1. The molecular formula is C14H21BrN4O. The van der Waals surface area contributed by atoms with Gasteiger partial charge in [0.05, 0.1) is 16.8 Å². The van der Waals surface area contributed by atoms with E-state index < -0.39 is 0 Å². The zero-order chi connectivity index (χ0) is 14.1. The minimum atomic E-state index is -0.0460. The summed E-state index contributed by atoms with van der Waals surface area (Å²) in [5.74, 6) is 1.25. The molecule has 1 aromatic heterocycles. The molecule has 0 aromatic carbocycles. The predicted molar refractivity (Wildman–Crippen MR) is 81.4 cm³/mol. The molecule has 0 aliphatic carbocycles. The highest BCUT2D eigenvalue weighted by Crippen LogP contribution is 2.31. The van der Waals surface area contributed by atoms with Crippen LogP contribution < -0.4 is 5.73 Å². The molecule has 3 heterocycles. The van der Waals surface area contributed by atoms with Gasteiger partial charge in [0.1, 0.15) is 11.9 Å². The van der Waals surface area contributed by atoms with Gasteiger partial charge in [0.25, 0.3) is 0 Å². The first kappa shape index (κ1) is 14.2. The number of nitrogen functional groups attached to an aromatic ring is 1. The van der Waals surface area contributed by atoms with E-state index in [0.717, 1.165) is 42.0 Å². The molecule has 6 heteroatoms. The fourth-order valence-corrected chi connectivity index (χ4v) is 3.43. The molecule has 2 saturated heterocycles. The Labute approximate surface area is 128 Å². The molecule has 2 unspecified atom stereocenters. The molecular weight excluding hydrogens is 320 g/mol. The maximum atomic E-state index is 6.00. The van der Waals surface area contributed by atoms with E-state index in [4.69, 9.17) is 10.5 Å². The molecule has 20 heavy (non-hydrogen) atoms. The summed E-state index contributed by atoms with van der Waals surface area (Å²) in [5.41, 5.74) is 6.99. The Morgan fingerprint density at radius 3 is 3.10 bits per heavy atom. The molecule has 0 radical (unpaired) electrons. The lowest BCUT2D eigenvalue weighted by atomic mass is 10.1. The van der Waals surface area contributed by atoms with E-state index in [1.807, 2.05) is 0 Å². The maximum Gasteiger partial charge on any atom is 0.161 e. The Morgan fingerprint density at radius 1 is 1.45 bits per heavy atom. The van der Waals surface area contributed by atoms with E-state index >= 15 is 0 Å². The van der Waals surface area contributed by atoms with Crippen molar-refractivity contribution in [1.82, 2.24) is 14.9 Å². The first-order chi connectivity index (χ1) is 9.69. The Bertz CT molecular complexity index is 496. The first-order valence-corrected chi connectivity index (χ1v) is 8.15. The van der Waals surface area contributed by atoms with Gasteiger partial charge in [0.2, 0.25) is 0 Å². The molecule has 2 atom stereocenters. The Kier molecular flexibility index (Phi) is 4.23. The van der Waals surface area contributed by atoms with Gasteiger partial charge >= 0.3 is 0 Å². The number of rotatable bonds is 3. The summed E-state index contributed by atoms with van der Waals surface area (Å²) in [4.78, 5) is 11.6. The van der Waals surface area contributed by atoms with Crippen LogP contribution >= 0.6 is 15.9 Å². The van der Waals surface area contributed by atoms with Gasteiger partial charge in [-0.1, -0.05) is 13.3 Å². The van der Waals surface area contributed by atoms with Crippen LogP contribution in [0, 0.1) is 0 Å². The number of nitrogens with zero attached hydrogens (tertiary/aromatic N) is 3. The lowest BCUT2D eigenvalue weighted by molar-refractivity contribution is -0.0541.